The van der Waals surface area contributed by atoms with E-state index in [0.717, 1.165) is 22.8 Å². The summed E-state index contributed by atoms with van der Waals surface area (Å²) >= 11 is 6.18. The van der Waals surface area contributed by atoms with Gasteiger partial charge in [0, 0.05) is 11.6 Å². The number of anilines is 2. The number of rotatable bonds is 3. The van der Waals surface area contributed by atoms with Gasteiger partial charge in [-0.15, -0.1) is 12.4 Å². The number of nitrogens with zero attached hydrogens (tertiary/aromatic N) is 2. The molecule has 1 heterocycles. The quantitative estimate of drug-likeness (QED) is 0.673. The fraction of sp³-hybridized carbons (Fsp3) is 0.111. The van der Waals surface area contributed by atoms with Crippen LogP contribution in [0.25, 0.3) is 11.3 Å². The monoisotopic (exact) mass is 345 g/mol. The number of hydrogen-bond acceptors (Lipinski definition) is 3. The van der Waals surface area contributed by atoms with Crippen molar-refractivity contribution in [2.24, 2.45) is 0 Å². The summed E-state index contributed by atoms with van der Waals surface area (Å²) in [6.07, 6.45) is 0. The lowest BCUT2D eigenvalue weighted by atomic mass is 10.1. The third-order valence-electron chi connectivity index (χ3n) is 3.32. The second-order valence-corrected chi connectivity index (χ2v) is 5.56. The summed E-state index contributed by atoms with van der Waals surface area (Å²) in [5.74, 6) is 1.45. The summed E-state index contributed by atoms with van der Waals surface area (Å²) < 4.78 is 0. The molecule has 23 heavy (non-hydrogen) atoms. The average Bonchev–Trinajstić information content (AvgIpc) is 2.50. The highest BCUT2D eigenvalue weighted by atomic mass is 35.5. The normalized spacial score (nSPS) is 10.0. The van der Waals surface area contributed by atoms with Crippen molar-refractivity contribution in [1.82, 2.24) is 9.97 Å². The Labute approximate surface area is 147 Å². The molecule has 0 fully saturated rings. The Morgan fingerprint density at radius 3 is 2.30 bits per heavy atom. The minimum absolute atomic E-state index is 0. The summed E-state index contributed by atoms with van der Waals surface area (Å²) in [5, 5.41) is 3.91. The minimum atomic E-state index is 0. The molecule has 0 radical (unpaired) electrons. The standard InChI is InChI=1S/C18H16ClN3.ClH/c1-12-7-9-14(10-8-12)17-11-18(21-13(2)20-17)22-16-6-4-3-5-15(16)19;/h3-11H,1-2H3,(H,20,21,22);1H. The van der Waals surface area contributed by atoms with Gasteiger partial charge in [-0.25, -0.2) is 9.97 Å². The van der Waals surface area contributed by atoms with E-state index >= 15 is 0 Å². The third kappa shape index (κ3) is 4.21. The first-order chi connectivity index (χ1) is 10.6. The van der Waals surface area contributed by atoms with Crippen LogP contribution in [-0.4, -0.2) is 9.97 Å². The molecule has 3 nitrogen and oxygen atoms in total. The molecule has 0 aliphatic carbocycles. The molecule has 0 bridgehead atoms. The number of benzene rings is 2. The van der Waals surface area contributed by atoms with E-state index in [1.807, 2.05) is 37.3 Å². The lowest BCUT2D eigenvalue weighted by Gasteiger charge is -2.10. The Morgan fingerprint density at radius 2 is 1.61 bits per heavy atom. The maximum atomic E-state index is 6.18. The maximum absolute atomic E-state index is 6.18. The van der Waals surface area contributed by atoms with Crippen LogP contribution in [0.15, 0.2) is 54.6 Å². The van der Waals surface area contributed by atoms with E-state index in [9.17, 15) is 0 Å². The largest absolute Gasteiger partial charge is 0.339 e. The Bertz CT molecular complexity index is 802. The van der Waals surface area contributed by atoms with Gasteiger partial charge in [-0.05, 0) is 26.0 Å². The van der Waals surface area contributed by atoms with Gasteiger partial charge in [0.1, 0.15) is 11.6 Å². The predicted molar refractivity (Wildman–Crippen MR) is 98.9 cm³/mol. The van der Waals surface area contributed by atoms with E-state index in [0.29, 0.717) is 10.8 Å². The van der Waals surface area contributed by atoms with Gasteiger partial charge < -0.3 is 5.32 Å². The van der Waals surface area contributed by atoms with Crippen molar-refractivity contribution in [2.45, 2.75) is 13.8 Å². The van der Waals surface area contributed by atoms with Crippen molar-refractivity contribution in [2.75, 3.05) is 5.32 Å². The molecule has 3 rings (SSSR count). The topological polar surface area (TPSA) is 37.8 Å². The summed E-state index contributed by atoms with van der Waals surface area (Å²) in [6.45, 7) is 3.95. The van der Waals surface area contributed by atoms with Gasteiger partial charge in [-0.3, -0.25) is 0 Å². The zero-order valence-corrected chi connectivity index (χ0v) is 14.4. The predicted octanol–water partition coefficient (Wildman–Crippen LogP) is 5.58. The van der Waals surface area contributed by atoms with Crippen LogP contribution in [-0.2, 0) is 0 Å². The van der Waals surface area contributed by atoms with Crippen molar-refractivity contribution in [3.05, 3.63) is 71.0 Å². The lowest BCUT2D eigenvalue weighted by molar-refractivity contribution is 1.06. The molecule has 118 valence electrons. The van der Waals surface area contributed by atoms with Crippen molar-refractivity contribution in [3.63, 3.8) is 0 Å². The number of para-hydroxylation sites is 1. The van der Waals surface area contributed by atoms with E-state index in [4.69, 9.17) is 11.6 Å². The molecular formula is C18H17Cl2N3. The highest BCUT2D eigenvalue weighted by Gasteiger charge is 2.06. The Hall–Kier alpha value is -2.10. The van der Waals surface area contributed by atoms with Gasteiger partial charge in [0.15, 0.2) is 0 Å². The molecule has 0 atom stereocenters. The van der Waals surface area contributed by atoms with Gasteiger partial charge in [0.2, 0.25) is 0 Å². The number of aryl methyl sites for hydroxylation is 2. The second-order valence-electron chi connectivity index (χ2n) is 5.16. The summed E-state index contributed by atoms with van der Waals surface area (Å²) in [6, 6.07) is 17.8. The average molecular weight is 346 g/mol. The molecule has 0 spiro atoms. The van der Waals surface area contributed by atoms with Gasteiger partial charge in [-0.2, -0.15) is 0 Å². The number of aromatic nitrogens is 2. The van der Waals surface area contributed by atoms with Crippen LogP contribution in [0.3, 0.4) is 0 Å². The summed E-state index contributed by atoms with van der Waals surface area (Å²) in [4.78, 5) is 8.95. The van der Waals surface area contributed by atoms with Crippen LogP contribution in [0.5, 0.6) is 0 Å². The molecule has 0 amide bonds. The van der Waals surface area contributed by atoms with Gasteiger partial charge >= 0.3 is 0 Å². The van der Waals surface area contributed by atoms with E-state index in [-0.39, 0.29) is 12.4 Å². The molecule has 0 saturated carbocycles. The van der Waals surface area contributed by atoms with Crippen molar-refractivity contribution in [1.29, 1.82) is 0 Å². The van der Waals surface area contributed by atoms with Crippen LogP contribution in [0.2, 0.25) is 5.02 Å². The fourth-order valence-electron chi connectivity index (χ4n) is 2.20. The molecule has 0 unspecified atom stereocenters. The Morgan fingerprint density at radius 1 is 0.913 bits per heavy atom. The van der Waals surface area contributed by atoms with Gasteiger partial charge in [0.25, 0.3) is 0 Å². The zero-order chi connectivity index (χ0) is 15.5. The first-order valence-electron chi connectivity index (χ1n) is 7.06. The molecular weight excluding hydrogens is 329 g/mol. The van der Waals surface area contributed by atoms with Crippen LogP contribution in [0, 0.1) is 13.8 Å². The number of halogens is 2. The van der Waals surface area contributed by atoms with Crippen molar-refractivity contribution >= 4 is 35.5 Å². The second kappa shape index (κ2) is 7.44. The molecule has 3 aromatic rings. The maximum Gasteiger partial charge on any atom is 0.134 e. The molecule has 0 aliphatic rings. The zero-order valence-electron chi connectivity index (χ0n) is 12.9. The lowest BCUT2D eigenvalue weighted by Crippen LogP contribution is -1.99. The SMILES string of the molecule is Cc1ccc(-c2cc(Nc3ccccc3Cl)nc(C)n2)cc1.Cl. The van der Waals surface area contributed by atoms with Crippen molar-refractivity contribution < 1.29 is 0 Å². The van der Waals surface area contributed by atoms with Gasteiger partial charge in [-0.1, -0.05) is 53.6 Å². The van der Waals surface area contributed by atoms with E-state index in [1.165, 1.54) is 5.56 Å². The number of nitrogens with one attached hydrogen (secondary N) is 1. The Balaban J connectivity index is 0.00000192. The highest BCUT2D eigenvalue weighted by Crippen LogP contribution is 2.26. The van der Waals surface area contributed by atoms with Crippen LogP contribution in [0.1, 0.15) is 11.4 Å². The summed E-state index contributed by atoms with van der Waals surface area (Å²) in [5.41, 5.74) is 4.02. The van der Waals surface area contributed by atoms with Crippen LogP contribution in [0.4, 0.5) is 11.5 Å². The minimum Gasteiger partial charge on any atom is -0.339 e. The van der Waals surface area contributed by atoms with Crippen LogP contribution < -0.4 is 5.32 Å². The molecule has 2 aromatic carbocycles. The number of hydrogen-bond donors (Lipinski definition) is 1. The highest BCUT2D eigenvalue weighted by molar-refractivity contribution is 6.33. The third-order valence-corrected chi connectivity index (χ3v) is 3.65. The molecule has 0 aliphatic heterocycles. The molecule has 1 N–H and O–H groups in total. The molecule has 1 aromatic heterocycles. The fourth-order valence-corrected chi connectivity index (χ4v) is 2.39. The summed E-state index contributed by atoms with van der Waals surface area (Å²) in [7, 11) is 0. The first kappa shape index (κ1) is 17.3. The van der Waals surface area contributed by atoms with Crippen molar-refractivity contribution in [3.8, 4) is 11.3 Å². The van der Waals surface area contributed by atoms with Crippen LogP contribution >= 0.6 is 24.0 Å². The van der Waals surface area contributed by atoms with E-state index in [1.54, 1.807) is 0 Å². The molecule has 0 saturated heterocycles. The van der Waals surface area contributed by atoms with E-state index in [2.05, 4.69) is 46.5 Å². The molecule has 5 heteroatoms. The van der Waals surface area contributed by atoms with E-state index < -0.39 is 0 Å². The van der Waals surface area contributed by atoms with Gasteiger partial charge in [0.05, 0.1) is 16.4 Å². The Kier molecular flexibility index (Phi) is 5.59. The first-order valence-corrected chi connectivity index (χ1v) is 7.44. The smallest absolute Gasteiger partial charge is 0.134 e.